The first kappa shape index (κ1) is 24.9. The lowest BCUT2D eigenvalue weighted by molar-refractivity contribution is -0.114. The van der Waals surface area contributed by atoms with E-state index in [0.29, 0.717) is 11.4 Å². The van der Waals surface area contributed by atoms with Gasteiger partial charge in [0.15, 0.2) is 0 Å². The molecule has 0 aromatic heterocycles. The van der Waals surface area contributed by atoms with E-state index in [1.807, 2.05) is 0 Å². The number of amides is 1. The molecule has 0 unspecified atom stereocenters. The Hall–Kier alpha value is -3.77. The summed E-state index contributed by atoms with van der Waals surface area (Å²) >= 11 is 0. The summed E-state index contributed by atoms with van der Waals surface area (Å²) in [4.78, 5) is 11.0. The van der Waals surface area contributed by atoms with Crippen molar-refractivity contribution in [2.75, 3.05) is 29.0 Å². The van der Waals surface area contributed by atoms with E-state index in [2.05, 4.69) is 14.8 Å². The molecule has 3 N–H and O–H groups in total. The molecule has 0 fully saturated rings. The van der Waals surface area contributed by atoms with Gasteiger partial charge in [-0.2, -0.15) is 0 Å². The molecule has 3 rings (SSSR count). The van der Waals surface area contributed by atoms with Crippen LogP contribution in [-0.2, 0) is 24.8 Å². The van der Waals surface area contributed by atoms with Gasteiger partial charge in [-0.05, 0) is 60.7 Å². The molecule has 34 heavy (non-hydrogen) atoms. The molecule has 0 radical (unpaired) electrons. The Kier molecular flexibility index (Phi) is 7.32. The molecule has 0 atom stereocenters. The van der Waals surface area contributed by atoms with Crippen molar-refractivity contribution in [3.63, 3.8) is 0 Å². The zero-order valence-electron chi connectivity index (χ0n) is 18.5. The Balaban J connectivity index is 1.76. The molecular weight excluding hydrogens is 482 g/mol. The van der Waals surface area contributed by atoms with Gasteiger partial charge in [0.05, 0.1) is 29.7 Å². The highest BCUT2D eigenvalue weighted by atomic mass is 32.2. The second kappa shape index (κ2) is 10.0. The van der Waals surface area contributed by atoms with E-state index < -0.39 is 20.0 Å². The van der Waals surface area contributed by atoms with Gasteiger partial charge in [0.1, 0.15) is 11.5 Å². The van der Waals surface area contributed by atoms with E-state index >= 15 is 0 Å². The molecule has 0 spiro atoms. The molecule has 12 heteroatoms. The quantitative estimate of drug-likeness (QED) is 0.405. The van der Waals surface area contributed by atoms with E-state index in [0.717, 1.165) is 0 Å². The van der Waals surface area contributed by atoms with Crippen molar-refractivity contribution in [2.24, 2.45) is 0 Å². The van der Waals surface area contributed by atoms with Crippen LogP contribution in [-0.4, -0.2) is 37.0 Å². The Labute approximate surface area is 198 Å². The van der Waals surface area contributed by atoms with Gasteiger partial charge in [-0.15, -0.1) is 0 Å². The van der Waals surface area contributed by atoms with Crippen LogP contribution in [0.25, 0.3) is 0 Å². The van der Waals surface area contributed by atoms with Crippen LogP contribution in [0, 0.1) is 0 Å². The van der Waals surface area contributed by atoms with Crippen molar-refractivity contribution in [1.29, 1.82) is 0 Å². The highest BCUT2D eigenvalue weighted by molar-refractivity contribution is 7.93. The minimum absolute atomic E-state index is 0.0217. The molecule has 180 valence electrons. The fraction of sp³-hybridized carbons (Fsp3) is 0.136. The third-order valence-electron chi connectivity index (χ3n) is 4.55. The van der Waals surface area contributed by atoms with Crippen molar-refractivity contribution in [3.8, 4) is 11.5 Å². The average molecular weight is 506 g/mol. The standard InChI is InChI=1S/C22H23N3O7S2/c1-15(26)23-16-4-9-19(10-5-16)33(27,28)24-17-6-11-20(12-7-17)34(29,30)25-21-13-8-18(31-2)14-22(21)32-3/h4-14,24-25H,1-3H3,(H,23,26). The average Bonchev–Trinajstić information content (AvgIpc) is 2.79. The van der Waals surface area contributed by atoms with Crippen LogP contribution >= 0.6 is 0 Å². The monoisotopic (exact) mass is 505 g/mol. The first-order chi connectivity index (χ1) is 16.0. The second-order valence-corrected chi connectivity index (χ2v) is 10.4. The molecule has 0 saturated carbocycles. The highest BCUT2D eigenvalue weighted by Crippen LogP contribution is 2.31. The second-order valence-electron chi connectivity index (χ2n) is 7.01. The lowest BCUT2D eigenvalue weighted by Crippen LogP contribution is -2.15. The van der Waals surface area contributed by atoms with Crippen molar-refractivity contribution in [1.82, 2.24) is 0 Å². The third kappa shape index (κ3) is 5.97. The molecular formula is C22H23N3O7S2. The van der Waals surface area contributed by atoms with Gasteiger partial charge in [-0.1, -0.05) is 0 Å². The van der Waals surface area contributed by atoms with Gasteiger partial charge in [0.2, 0.25) is 5.91 Å². The predicted molar refractivity (Wildman–Crippen MR) is 128 cm³/mol. The maximum absolute atomic E-state index is 12.8. The Bertz CT molecular complexity index is 1390. The van der Waals surface area contributed by atoms with Gasteiger partial charge in [0, 0.05) is 24.4 Å². The molecule has 0 heterocycles. The largest absolute Gasteiger partial charge is 0.497 e. The smallest absolute Gasteiger partial charge is 0.262 e. The molecule has 0 saturated heterocycles. The molecule has 10 nitrogen and oxygen atoms in total. The zero-order valence-corrected chi connectivity index (χ0v) is 20.2. The van der Waals surface area contributed by atoms with Crippen LogP contribution in [0.4, 0.5) is 17.1 Å². The summed E-state index contributed by atoms with van der Waals surface area (Å²) in [6.45, 7) is 1.35. The Morgan fingerprint density at radius 1 is 0.706 bits per heavy atom. The van der Waals surface area contributed by atoms with E-state index in [9.17, 15) is 21.6 Å². The first-order valence-electron chi connectivity index (χ1n) is 9.79. The van der Waals surface area contributed by atoms with Gasteiger partial charge in [-0.25, -0.2) is 16.8 Å². The number of nitrogens with one attached hydrogen (secondary N) is 3. The third-order valence-corrected chi connectivity index (χ3v) is 7.33. The number of hydrogen-bond donors (Lipinski definition) is 3. The molecule has 0 aliphatic carbocycles. The van der Waals surface area contributed by atoms with Crippen LogP contribution in [0.3, 0.4) is 0 Å². The van der Waals surface area contributed by atoms with Crippen LogP contribution in [0.15, 0.2) is 76.5 Å². The number of rotatable bonds is 9. The van der Waals surface area contributed by atoms with Crippen molar-refractivity contribution in [3.05, 3.63) is 66.7 Å². The fourth-order valence-electron chi connectivity index (χ4n) is 2.92. The summed E-state index contributed by atoms with van der Waals surface area (Å²) < 4.78 is 66.0. The predicted octanol–water partition coefficient (Wildman–Crippen LogP) is 3.26. The lowest BCUT2D eigenvalue weighted by atomic mass is 10.3. The maximum atomic E-state index is 12.8. The van der Waals surface area contributed by atoms with E-state index in [4.69, 9.17) is 9.47 Å². The lowest BCUT2D eigenvalue weighted by Gasteiger charge is -2.13. The van der Waals surface area contributed by atoms with E-state index in [1.165, 1.54) is 75.7 Å². The van der Waals surface area contributed by atoms with Gasteiger partial charge < -0.3 is 14.8 Å². The molecule has 3 aromatic carbocycles. The Morgan fingerprint density at radius 3 is 1.74 bits per heavy atom. The summed E-state index contributed by atoms with van der Waals surface area (Å²) in [5, 5.41) is 2.55. The van der Waals surface area contributed by atoms with Crippen molar-refractivity contribution < 1.29 is 31.1 Å². The number of carbonyl (C=O) groups excluding carboxylic acids is 1. The van der Waals surface area contributed by atoms with Crippen LogP contribution in [0.5, 0.6) is 11.5 Å². The molecule has 0 aliphatic rings. The molecule has 1 amide bonds. The minimum Gasteiger partial charge on any atom is -0.497 e. The normalized spacial score (nSPS) is 11.4. The zero-order chi connectivity index (χ0) is 24.9. The van der Waals surface area contributed by atoms with Gasteiger partial charge >= 0.3 is 0 Å². The van der Waals surface area contributed by atoms with E-state index in [-0.39, 0.29) is 32.8 Å². The summed E-state index contributed by atoms with van der Waals surface area (Å²) in [7, 11) is -5.02. The maximum Gasteiger partial charge on any atom is 0.262 e. The summed E-state index contributed by atoms with van der Waals surface area (Å²) in [6.07, 6.45) is 0. The number of sulfonamides is 2. The van der Waals surface area contributed by atoms with Gasteiger partial charge in [-0.3, -0.25) is 14.2 Å². The number of ether oxygens (including phenoxy) is 2. The van der Waals surface area contributed by atoms with Gasteiger partial charge in [0.25, 0.3) is 20.0 Å². The summed E-state index contributed by atoms with van der Waals surface area (Å²) in [6, 6.07) is 15.5. The van der Waals surface area contributed by atoms with Crippen molar-refractivity contribution >= 4 is 43.0 Å². The van der Waals surface area contributed by atoms with Crippen molar-refractivity contribution in [2.45, 2.75) is 16.7 Å². The number of methoxy groups -OCH3 is 2. The highest BCUT2D eigenvalue weighted by Gasteiger charge is 2.19. The summed E-state index contributed by atoms with van der Waals surface area (Å²) in [5.74, 6) is 0.502. The molecule has 0 bridgehead atoms. The van der Waals surface area contributed by atoms with Crippen LogP contribution in [0.1, 0.15) is 6.92 Å². The van der Waals surface area contributed by atoms with E-state index in [1.54, 1.807) is 12.1 Å². The Morgan fingerprint density at radius 2 is 1.24 bits per heavy atom. The fourth-order valence-corrected chi connectivity index (χ4v) is 5.05. The number of anilines is 3. The minimum atomic E-state index is -3.98. The summed E-state index contributed by atoms with van der Waals surface area (Å²) in [5.41, 5.74) is 0.852. The SMILES string of the molecule is COc1ccc(NS(=O)(=O)c2ccc(NS(=O)(=O)c3ccc(NC(C)=O)cc3)cc2)c(OC)c1. The topological polar surface area (TPSA) is 140 Å². The van der Waals surface area contributed by atoms with Crippen LogP contribution in [0.2, 0.25) is 0 Å². The molecule has 0 aliphatic heterocycles. The van der Waals surface area contributed by atoms with Crippen LogP contribution < -0.4 is 24.2 Å². The number of hydrogen-bond acceptors (Lipinski definition) is 7. The first-order valence-corrected chi connectivity index (χ1v) is 12.8. The number of benzene rings is 3. The molecule has 3 aromatic rings. The number of carbonyl (C=O) groups is 1.